The summed E-state index contributed by atoms with van der Waals surface area (Å²) in [6.07, 6.45) is 5.12. The summed E-state index contributed by atoms with van der Waals surface area (Å²) in [5.41, 5.74) is 0.544. The van der Waals surface area contributed by atoms with Crippen molar-refractivity contribution in [1.29, 1.82) is 0 Å². The molecule has 1 atom stereocenters. The Kier molecular flexibility index (Phi) is 10.4. The summed E-state index contributed by atoms with van der Waals surface area (Å²) in [6.45, 7) is 7.48. The van der Waals surface area contributed by atoms with E-state index < -0.39 is 28.4 Å². The Morgan fingerprint density at radius 1 is 1.03 bits per heavy atom. The number of non-ortho nitro benzene ring substituents is 1. The molecule has 1 aliphatic heterocycles. The molecule has 198 valence electrons. The van der Waals surface area contributed by atoms with E-state index in [1.54, 1.807) is 0 Å². The number of Topliss-reactive ketones (excluding diaryl/α,β-unsaturated/α-hetero) is 1. The number of hydrogen-bond acceptors (Lipinski definition) is 6. The van der Waals surface area contributed by atoms with Gasteiger partial charge < -0.3 is 14.9 Å². The van der Waals surface area contributed by atoms with Gasteiger partial charge >= 0.3 is 0 Å². The predicted octanol–water partition coefficient (Wildman–Crippen LogP) is 6.07. The zero-order valence-corrected chi connectivity index (χ0v) is 22.9. The molecule has 3 rings (SSSR count). The maximum absolute atomic E-state index is 13.2. The molecule has 0 radical (unpaired) electrons. The maximum atomic E-state index is 13.2. The molecule has 8 nitrogen and oxygen atoms in total. The van der Waals surface area contributed by atoms with E-state index in [9.17, 15) is 24.8 Å². The number of hydrogen-bond donors (Lipinski definition) is 1. The number of likely N-dealkylation sites (tertiary alicyclic amines) is 1. The fourth-order valence-electron chi connectivity index (χ4n) is 4.59. The molecule has 0 aromatic heterocycles. The molecule has 2 aromatic rings. The van der Waals surface area contributed by atoms with Crippen molar-refractivity contribution in [1.82, 2.24) is 9.80 Å². The average molecular weight is 573 g/mol. The predicted molar refractivity (Wildman–Crippen MR) is 147 cm³/mol. The van der Waals surface area contributed by atoms with Gasteiger partial charge in [0.2, 0.25) is 0 Å². The Labute approximate surface area is 226 Å². The smallest absolute Gasteiger partial charge is 0.295 e. The Morgan fingerprint density at radius 2 is 1.65 bits per heavy atom. The van der Waals surface area contributed by atoms with Crippen LogP contribution in [0.3, 0.4) is 0 Å². The number of nitrogens with zero attached hydrogens (tertiary/aromatic N) is 3. The molecular weight excluding hydrogens is 538 g/mol. The van der Waals surface area contributed by atoms with E-state index in [2.05, 4.69) is 34.7 Å². The highest BCUT2D eigenvalue weighted by atomic mass is 79.9. The highest BCUT2D eigenvalue weighted by molar-refractivity contribution is 9.10. The molecule has 1 amide bonds. The lowest BCUT2D eigenvalue weighted by Gasteiger charge is -2.27. The molecule has 2 aromatic carbocycles. The molecule has 1 aliphatic rings. The van der Waals surface area contributed by atoms with Crippen LogP contribution in [0.25, 0.3) is 5.76 Å². The van der Waals surface area contributed by atoms with Crippen LogP contribution in [0, 0.1) is 10.1 Å². The van der Waals surface area contributed by atoms with Crippen molar-refractivity contribution in [3.05, 3.63) is 79.8 Å². The zero-order valence-electron chi connectivity index (χ0n) is 21.4. The van der Waals surface area contributed by atoms with Crippen molar-refractivity contribution >= 4 is 39.1 Å². The van der Waals surface area contributed by atoms with Crippen LogP contribution >= 0.6 is 15.9 Å². The van der Waals surface area contributed by atoms with Gasteiger partial charge in [0.1, 0.15) is 5.76 Å². The van der Waals surface area contributed by atoms with Gasteiger partial charge in [-0.2, -0.15) is 0 Å². The molecule has 37 heavy (non-hydrogen) atoms. The second-order valence-electron chi connectivity index (χ2n) is 9.25. The molecule has 9 heteroatoms. The lowest BCUT2D eigenvalue weighted by atomic mass is 9.95. The largest absolute Gasteiger partial charge is 0.507 e. The number of unbranched alkanes of at least 4 members (excludes halogenated alkanes) is 2. The highest BCUT2D eigenvalue weighted by Gasteiger charge is 2.45. The second kappa shape index (κ2) is 13.5. The summed E-state index contributed by atoms with van der Waals surface area (Å²) in [5, 5.41) is 22.4. The van der Waals surface area contributed by atoms with Gasteiger partial charge in [0.25, 0.3) is 17.4 Å². The van der Waals surface area contributed by atoms with Crippen LogP contribution in [0.15, 0.2) is 58.6 Å². The summed E-state index contributed by atoms with van der Waals surface area (Å²) < 4.78 is 0.842. The average Bonchev–Trinajstić information content (AvgIpc) is 3.15. The number of ketones is 1. The summed E-state index contributed by atoms with van der Waals surface area (Å²) in [6, 6.07) is 11.9. The SMILES string of the molecule is CCCCN(CCCC)CCCN1C(=O)C(=O)C(=C(O)c2cccc([N+](=O)[O-])c2)[C@H]1c1ccc(Br)cc1. The van der Waals surface area contributed by atoms with Crippen LogP contribution in [-0.2, 0) is 9.59 Å². The zero-order chi connectivity index (χ0) is 26.9. The van der Waals surface area contributed by atoms with Crippen LogP contribution < -0.4 is 0 Å². The topological polar surface area (TPSA) is 104 Å². The fraction of sp³-hybridized carbons (Fsp3) is 0.429. The number of nitro benzene ring substituents is 1. The van der Waals surface area contributed by atoms with Crippen LogP contribution in [0.5, 0.6) is 0 Å². The minimum Gasteiger partial charge on any atom is -0.507 e. The van der Waals surface area contributed by atoms with Crippen LogP contribution in [0.1, 0.15) is 63.1 Å². The third-order valence-corrected chi connectivity index (χ3v) is 7.11. The Balaban J connectivity index is 1.95. The van der Waals surface area contributed by atoms with Crippen molar-refractivity contribution in [2.45, 2.75) is 52.0 Å². The van der Waals surface area contributed by atoms with E-state index >= 15 is 0 Å². The third-order valence-electron chi connectivity index (χ3n) is 6.59. The van der Waals surface area contributed by atoms with E-state index in [-0.39, 0.29) is 16.8 Å². The lowest BCUT2D eigenvalue weighted by molar-refractivity contribution is -0.384. The molecule has 0 unspecified atom stereocenters. The summed E-state index contributed by atoms with van der Waals surface area (Å²) in [4.78, 5) is 41.0. The molecule has 0 bridgehead atoms. The van der Waals surface area contributed by atoms with Crippen molar-refractivity contribution in [3.8, 4) is 0 Å². The molecule has 1 N–H and O–H groups in total. The van der Waals surface area contributed by atoms with Gasteiger partial charge in [-0.3, -0.25) is 19.7 Å². The van der Waals surface area contributed by atoms with Crippen LogP contribution in [0.2, 0.25) is 0 Å². The molecule has 1 heterocycles. The van der Waals surface area contributed by atoms with Crippen molar-refractivity contribution in [2.75, 3.05) is 26.2 Å². The van der Waals surface area contributed by atoms with Crippen LogP contribution in [-0.4, -0.2) is 57.7 Å². The van der Waals surface area contributed by atoms with Crippen molar-refractivity contribution in [2.24, 2.45) is 0 Å². The fourth-order valence-corrected chi connectivity index (χ4v) is 4.85. The highest BCUT2D eigenvalue weighted by Crippen LogP contribution is 2.40. The van der Waals surface area contributed by atoms with E-state index in [1.165, 1.54) is 29.2 Å². The first-order valence-corrected chi connectivity index (χ1v) is 13.6. The number of carbonyl (C=O) groups is 2. The number of rotatable bonds is 13. The monoisotopic (exact) mass is 571 g/mol. The number of carbonyl (C=O) groups excluding carboxylic acids is 2. The number of benzene rings is 2. The minimum atomic E-state index is -0.786. The Bertz CT molecular complexity index is 1140. The number of aliphatic hydroxyl groups excluding tert-OH is 1. The number of nitro groups is 1. The van der Waals surface area contributed by atoms with Gasteiger partial charge in [-0.05, 0) is 56.6 Å². The summed E-state index contributed by atoms with van der Waals surface area (Å²) in [5.74, 6) is -1.87. The quantitative estimate of drug-likeness (QED) is 0.103. The lowest BCUT2D eigenvalue weighted by Crippen LogP contribution is -2.34. The van der Waals surface area contributed by atoms with Gasteiger partial charge in [0, 0.05) is 28.7 Å². The first kappa shape index (κ1) is 28.5. The minimum absolute atomic E-state index is 0.0540. The molecule has 0 aliphatic carbocycles. The molecule has 0 spiro atoms. The van der Waals surface area contributed by atoms with Gasteiger partial charge in [0.15, 0.2) is 0 Å². The van der Waals surface area contributed by atoms with Gasteiger partial charge in [-0.15, -0.1) is 0 Å². The molecule has 1 fully saturated rings. The van der Waals surface area contributed by atoms with Crippen LogP contribution in [0.4, 0.5) is 5.69 Å². The maximum Gasteiger partial charge on any atom is 0.295 e. The molecule has 1 saturated heterocycles. The van der Waals surface area contributed by atoms with Gasteiger partial charge in [0.05, 0.1) is 16.5 Å². The molecular formula is C28H34BrN3O5. The number of halogens is 1. The summed E-state index contributed by atoms with van der Waals surface area (Å²) >= 11 is 3.42. The normalized spacial score (nSPS) is 17.1. The van der Waals surface area contributed by atoms with E-state index in [4.69, 9.17) is 0 Å². The summed E-state index contributed by atoms with van der Waals surface area (Å²) in [7, 11) is 0. The molecule has 0 saturated carbocycles. The first-order chi connectivity index (χ1) is 17.8. The van der Waals surface area contributed by atoms with Gasteiger partial charge in [-0.25, -0.2) is 0 Å². The van der Waals surface area contributed by atoms with E-state index in [0.29, 0.717) is 18.5 Å². The van der Waals surface area contributed by atoms with E-state index in [1.807, 2.05) is 24.3 Å². The first-order valence-electron chi connectivity index (χ1n) is 12.8. The number of aliphatic hydroxyl groups is 1. The Hall–Kier alpha value is -3.04. The van der Waals surface area contributed by atoms with Crippen molar-refractivity contribution in [3.63, 3.8) is 0 Å². The number of amides is 1. The third kappa shape index (κ3) is 7.05. The van der Waals surface area contributed by atoms with E-state index in [0.717, 1.165) is 49.8 Å². The van der Waals surface area contributed by atoms with Gasteiger partial charge in [-0.1, -0.05) is 66.9 Å². The standard InChI is InChI=1S/C28H34BrN3O5/c1-3-5-15-30(16-6-4-2)17-8-18-31-25(20-11-13-22(29)14-12-20)24(27(34)28(31)35)26(33)21-9-7-10-23(19-21)32(36)37/h7,9-14,19,25,33H,3-6,8,15-18H2,1-2H3/t25-/m1/s1. The Morgan fingerprint density at radius 3 is 2.24 bits per heavy atom. The van der Waals surface area contributed by atoms with Crippen molar-refractivity contribution < 1.29 is 19.6 Å². The second-order valence-corrected chi connectivity index (χ2v) is 10.2.